The van der Waals surface area contributed by atoms with Crippen LogP contribution < -0.4 is 0 Å². The third kappa shape index (κ3) is 4.63. The van der Waals surface area contributed by atoms with Crippen LogP contribution in [0.25, 0.3) is 0 Å². The average molecular weight is 269 g/mol. The number of carbonyl (C=O) groups is 2. The minimum absolute atomic E-state index is 0.171. The Morgan fingerprint density at radius 3 is 2.58 bits per heavy atom. The molecule has 0 fully saturated rings. The second-order valence-corrected chi connectivity index (χ2v) is 4.28. The topological polar surface area (TPSA) is 73.7 Å². The molecule has 1 rings (SSSR count). The summed E-state index contributed by atoms with van der Waals surface area (Å²) in [7, 11) is 3.60. The Morgan fingerprint density at radius 1 is 1.37 bits per heavy atom. The fourth-order valence-electron chi connectivity index (χ4n) is 1.46. The number of amides is 1. The van der Waals surface area contributed by atoms with Crippen LogP contribution in [0.3, 0.4) is 0 Å². The number of aromatic nitrogens is 1. The molecule has 1 N–H and O–H groups in total. The van der Waals surface area contributed by atoms with E-state index in [0.717, 1.165) is 11.1 Å². The molecule has 0 bridgehead atoms. The van der Waals surface area contributed by atoms with Crippen molar-refractivity contribution in [1.29, 1.82) is 0 Å². The van der Waals surface area contributed by atoms with E-state index in [1.807, 2.05) is 4.90 Å². The number of rotatable bonds is 6. The minimum atomic E-state index is -1.14. The van der Waals surface area contributed by atoms with Gasteiger partial charge in [-0.3, -0.25) is 14.6 Å². The molecule has 0 aliphatic carbocycles. The summed E-state index contributed by atoms with van der Waals surface area (Å²) in [6.07, 6.45) is 2.22. The Bertz CT molecular complexity index is 465. The SMILES string of the molecule is CN(C)CCN(CC(=O)O)C(=O)c1ccncc1F. The zero-order valence-corrected chi connectivity index (χ0v) is 10.8. The van der Waals surface area contributed by atoms with Gasteiger partial charge >= 0.3 is 5.97 Å². The summed E-state index contributed by atoms with van der Waals surface area (Å²) < 4.78 is 13.5. The molecule has 0 atom stereocenters. The second-order valence-electron chi connectivity index (χ2n) is 4.28. The van der Waals surface area contributed by atoms with Crippen LogP contribution in [0.1, 0.15) is 10.4 Å². The molecule has 104 valence electrons. The number of likely N-dealkylation sites (N-methyl/N-ethyl adjacent to an activating group) is 1. The minimum Gasteiger partial charge on any atom is -0.480 e. The number of aliphatic carboxylic acids is 1. The maximum absolute atomic E-state index is 13.5. The first-order chi connectivity index (χ1) is 8.91. The second kappa shape index (κ2) is 6.79. The third-order valence-corrected chi connectivity index (χ3v) is 2.43. The van der Waals surface area contributed by atoms with Crippen molar-refractivity contribution in [3.05, 3.63) is 29.8 Å². The Hall–Kier alpha value is -2.02. The molecule has 1 aromatic heterocycles. The molecule has 1 amide bonds. The molecule has 0 unspecified atom stereocenters. The number of halogens is 1. The summed E-state index contributed by atoms with van der Waals surface area (Å²) in [4.78, 5) is 29.3. The summed E-state index contributed by atoms with van der Waals surface area (Å²) in [5.41, 5.74) is -0.171. The number of carboxylic acids is 1. The molecule has 0 aliphatic rings. The molecule has 0 spiro atoms. The molecule has 0 saturated carbocycles. The molecule has 0 aromatic carbocycles. The summed E-state index contributed by atoms with van der Waals surface area (Å²) in [5.74, 6) is -2.54. The Kier molecular flexibility index (Phi) is 5.37. The fourth-order valence-corrected chi connectivity index (χ4v) is 1.46. The van der Waals surface area contributed by atoms with Gasteiger partial charge in [0.25, 0.3) is 5.91 Å². The lowest BCUT2D eigenvalue weighted by Crippen LogP contribution is -2.40. The highest BCUT2D eigenvalue weighted by Gasteiger charge is 2.21. The highest BCUT2D eigenvalue weighted by atomic mass is 19.1. The van der Waals surface area contributed by atoms with E-state index in [1.54, 1.807) is 14.1 Å². The molecule has 7 heteroatoms. The van der Waals surface area contributed by atoms with E-state index >= 15 is 0 Å². The molecule has 0 saturated heterocycles. The quantitative estimate of drug-likeness (QED) is 0.804. The smallest absolute Gasteiger partial charge is 0.323 e. The predicted molar refractivity (Wildman–Crippen MR) is 66.3 cm³/mol. The van der Waals surface area contributed by atoms with Crippen LogP contribution in [-0.2, 0) is 4.79 Å². The molecular weight excluding hydrogens is 253 g/mol. The van der Waals surface area contributed by atoms with Crippen molar-refractivity contribution in [3.63, 3.8) is 0 Å². The Balaban J connectivity index is 2.87. The van der Waals surface area contributed by atoms with Gasteiger partial charge in [-0.05, 0) is 20.2 Å². The van der Waals surface area contributed by atoms with Crippen molar-refractivity contribution in [2.75, 3.05) is 33.7 Å². The first-order valence-electron chi connectivity index (χ1n) is 5.67. The lowest BCUT2D eigenvalue weighted by atomic mass is 10.2. The van der Waals surface area contributed by atoms with Gasteiger partial charge < -0.3 is 14.9 Å². The van der Waals surface area contributed by atoms with E-state index < -0.39 is 24.2 Å². The summed E-state index contributed by atoms with van der Waals surface area (Å²) in [6.45, 7) is 0.236. The van der Waals surface area contributed by atoms with Gasteiger partial charge in [-0.15, -0.1) is 0 Å². The van der Waals surface area contributed by atoms with Crippen molar-refractivity contribution < 1.29 is 19.1 Å². The summed E-state index contributed by atoms with van der Waals surface area (Å²) in [6, 6.07) is 1.24. The van der Waals surface area contributed by atoms with Crippen molar-refractivity contribution >= 4 is 11.9 Å². The van der Waals surface area contributed by atoms with Crippen LogP contribution in [0.4, 0.5) is 4.39 Å². The molecule has 0 radical (unpaired) electrons. The van der Waals surface area contributed by atoms with Crippen LogP contribution in [-0.4, -0.2) is 65.5 Å². The van der Waals surface area contributed by atoms with Crippen molar-refractivity contribution in [2.45, 2.75) is 0 Å². The number of nitrogens with zero attached hydrogens (tertiary/aromatic N) is 3. The van der Waals surface area contributed by atoms with Crippen LogP contribution in [0.2, 0.25) is 0 Å². The average Bonchev–Trinajstić information content (AvgIpc) is 2.33. The Labute approximate surface area is 110 Å². The molecular formula is C12H16FN3O3. The van der Waals surface area contributed by atoms with E-state index in [4.69, 9.17) is 5.11 Å². The van der Waals surface area contributed by atoms with Crippen LogP contribution in [0, 0.1) is 5.82 Å². The summed E-state index contributed by atoms with van der Waals surface area (Å²) in [5, 5.41) is 8.80. The maximum Gasteiger partial charge on any atom is 0.323 e. The van der Waals surface area contributed by atoms with Gasteiger partial charge in [0.1, 0.15) is 6.54 Å². The van der Waals surface area contributed by atoms with Crippen LogP contribution >= 0.6 is 0 Å². The van der Waals surface area contributed by atoms with E-state index in [1.165, 1.54) is 12.3 Å². The number of carboxylic acid groups (broad SMARTS) is 1. The Morgan fingerprint density at radius 2 is 2.05 bits per heavy atom. The van der Waals surface area contributed by atoms with E-state index in [2.05, 4.69) is 4.98 Å². The third-order valence-electron chi connectivity index (χ3n) is 2.43. The van der Waals surface area contributed by atoms with Crippen LogP contribution in [0.5, 0.6) is 0 Å². The fraction of sp³-hybridized carbons (Fsp3) is 0.417. The van der Waals surface area contributed by atoms with E-state index in [0.29, 0.717) is 6.54 Å². The van der Waals surface area contributed by atoms with Crippen molar-refractivity contribution in [3.8, 4) is 0 Å². The van der Waals surface area contributed by atoms with Gasteiger partial charge in [0.05, 0.1) is 11.8 Å². The normalized spacial score (nSPS) is 10.5. The molecule has 6 nitrogen and oxygen atoms in total. The van der Waals surface area contributed by atoms with E-state index in [-0.39, 0.29) is 12.1 Å². The number of hydrogen-bond acceptors (Lipinski definition) is 4. The summed E-state index contributed by atoms with van der Waals surface area (Å²) >= 11 is 0. The van der Waals surface area contributed by atoms with E-state index in [9.17, 15) is 14.0 Å². The highest BCUT2D eigenvalue weighted by molar-refractivity contribution is 5.95. The lowest BCUT2D eigenvalue weighted by Gasteiger charge is -2.22. The van der Waals surface area contributed by atoms with Crippen molar-refractivity contribution in [2.24, 2.45) is 0 Å². The zero-order chi connectivity index (χ0) is 14.4. The van der Waals surface area contributed by atoms with Gasteiger partial charge in [0.2, 0.25) is 0 Å². The molecule has 1 aromatic rings. The lowest BCUT2D eigenvalue weighted by molar-refractivity contribution is -0.137. The monoisotopic (exact) mass is 269 g/mol. The standard InChI is InChI=1S/C12H16FN3O3/c1-15(2)5-6-16(8-11(17)18)12(19)9-3-4-14-7-10(9)13/h3-4,7H,5-6,8H2,1-2H3,(H,17,18). The molecule has 19 heavy (non-hydrogen) atoms. The maximum atomic E-state index is 13.5. The molecule has 0 aliphatic heterocycles. The first kappa shape index (κ1) is 15.0. The van der Waals surface area contributed by atoms with Gasteiger partial charge in [-0.2, -0.15) is 0 Å². The number of pyridine rings is 1. The van der Waals surface area contributed by atoms with Gasteiger partial charge in [0.15, 0.2) is 5.82 Å². The van der Waals surface area contributed by atoms with Crippen LogP contribution in [0.15, 0.2) is 18.5 Å². The largest absolute Gasteiger partial charge is 0.480 e. The van der Waals surface area contributed by atoms with Crippen molar-refractivity contribution in [1.82, 2.24) is 14.8 Å². The number of hydrogen-bond donors (Lipinski definition) is 1. The highest BCUT2D eigenvalue weighted by Crippen LogP contribution is 2.08. The zero-order valence-electron chi connectivity index (χ0n) is 10.8. The number of carbonyl (C=O) groups excluding carboxylic acids is 1. The molecule has 1 heterocycles. The van der Waals surface area contributed by atoms with Gasteiger partial charge in [-0.25, -0.2) is 4.39 Å². The van der Waals surface area contributed by atoms with Gasteiger partial charge in [-0.1, -0.05) is 0 Å². The predicted octanol–water partition coefficient (Wildman–Crippen LogP) is 0.309. The van der Waals surface area contributed by atoms with Gasteiger partial charge in [0, 0.05) is 19.3 Å². The first-order valence-corrected chi connectivity index (χ1v) is 5.67.